The molecule has 7 rings (SSSR count). The molecule has 0 aromatic heterocycles. The Balaban J connectivity index is 1.25. The number of ketones is 1. The number of cyclic esters (lactones) is 1. The van der Waals surface area contributed by atoms with Gasteiger partial charge in [-0.05, 0) is 74.2 Å². The Morgan fingerprint density at radius 1 is 1.09 bits per heavy atom. The molecule has 3 aliphatic heterocycles. The van der Waals surface area contributed by atoms with Crippen molar-refractivity contribution in [1.29, 1.82) is 0 Å². The van der Waals surface area contributed by atoms with Crippen molar-refractivity contribution < 1.29 is 58.1 Å². The van der Waals surface area contributed by atoms with Gasteiger partial charge in [0, 0.05) is 31.4 Å². The lowest BCUT2D eigenvalue weighted by atomic mass is 9.41. The summed E-state index contributed by atoms with van der Waals surface area (Å²) < 4.78 is 35.1. The average Bonchev–Trinajstić information content (AvgIpc) is 3.50. The number of carbonyl (C=O) groups is 3. The van der Waals surface area contributed by atoms with Crippen LogP contribution in [0.4, 0.5) is 0 Å². The molecular weight excluding hydrogens is 576 g/mol. The van der Waals surface area contributed by atoms with Crippen LogP contribution in [0.5, 0.6) is 0 Å². The molecule has 12 heteroatoms. The number of hydrogen-bond acceptors (Lipinski definition) is 12. The largest absolute Gasteiger partial charge is 0.458 e. The van der Waals surface area contributed by atoms with Crippen LogP contribution in [0.25, 0.3) is 0 Å². The first-order valence-electron chi connectivity index (χ1n) is 15.9. The van der Waals surface area contributed by atoms with Crippen LogP contribution < -0.4 is 0 Å². The van der Waals surface area contributed by atoms with Gasteiger partial charge in [0.25, 0.3) is 0 Å². The smallest absolute Gasteiger partial charge is 0.331 e. The molecule has 7 aliphatic rings. The van der Waals surface area contributed by atoms with E-state index in [1.807, 2.05) is 13.8 Å². The second-order valence-electron chi connectivity index (χ2n) is 14.7. The second kappa shape index (κ2) is 10.0. The molecule has 15 atom stereocenters. The summed E-state index contributed by atoms with van der Waals surface area (Å²) >= 11 is 0. The van der Waals surface area contributed by atoms with Crippen molar-refractivity contribution in [3.63, 3.8) is 0 Å². The Morgan fingerprint density at radius 2 is 1.84 bits per heavy atom. The van der Waals surface area contributed by atoms with Gasteiger partial charge in [-0.15, -0.1) is 0 Å². The zero-order valence-electron chi connectivity index (χ0n) is 25.9. The maximum Gasteiger partial charge on any atom is 0.331 e. The van der Waals surface area contributed by atoms with Gasteiger partial charge in [-0.1, -0.05) is 13.8 Å². The van der Waals surface area contributed by atoms with Crippen molar-refractivity contribution in [2.24, 2.45) is 34.5 Å². The zero-order chi connectivity index (χ0) is 31.6. The van der Waals surface area contributed by atoms with Crippen LogP contribution in [0.15, 0.2) is 11.6 Å². The number of fused-ring (bicyclic) bond motifs is 7. The van der Waals surface area contributed by atoms with Crippen LogP contribution in [0, 0.1) is 34.5 Å². The van der Waals surface area contributed by atoms with Gasteiger partial charge in [0.1, 0.15) is 18.8 Å². The van der Waals surface area contributed by atoms with Crippen LogP contribution in [-0.4, -0.2) is 101 Å². The van der Waals surface area contributed by atoms with Crippen molar-refractivity contribution in [3.05, 3.63) is 11.6 Å². The summed E-state index contributed by atoms with van der Waals surface area (Å²) in [6.07, 6.45) is -1.78. The molecule has 0 bridgehead atoms. The summed E-state index contributed by atoms with van der Waals surface area (Å²) in [4.78, 5) is 39.3. The van der Waals surface area contributed by atoms with Gasteiger partial charge in [0.15, 0.2) is 11.9 Å². The quantitative estimate of drug-likeness (QED) is 0.305. The van der Waals surface area contributed by atoms with E-state index in [0.717, 1.165) is 6.42 Å². The topological polar surface area (TPSA) is 167 Å². The number of methoxy groups -OCH3 is 1. The highest BCUT2D eigenvalue weighted by Crippen LogP contribution is 2.70. The maximum absolute atomic E-state index is 14.8. The third kappa shape index (κ3) is 3.91. The van der Waals surface area contributed by atoms with Crippen LogP contribution in [0.3, 0.4) is 0 Å². The van der Waals surface area contributed by atoms with Crippen molar-refractivity contribution >= 4 is 17.7 Å². The number of carbonyl (C=O) groups excluding carboxylic acids is 3. The van der Waals surface area contributed by atoms with Gasteiger partial charge in [0.05, 0.1) is 23.9 Å². The fraction of sp³-hybridized carbons (Fsp3) is 0.844. The molecule has 0 radical (unpaired) electrons. The zero-order valence-corrected chi connectivity index (χ0v) is 25.9. The maximum atomic E-state index is 14.8. The van der Waals surface area contributed by atoms with E-state index in [9.17, 15) is 29.7 Å². The molecule has 0 spiro atoms. The van der Waals surface area contributed by atoms with Gasteiger partial charge in [0.2, 0.25) is 12.1 Å². The lowest BCUT2D eigenvalue weighted by Gasteiger charge is -2.65. The number of ether oxygens (including phenoxy) is 6. The minimum Gasteiger partial charge on any atom is -0.458 e. The Labute approximate surface area is 256 Å². The van der Waals surface area contributed by atoms with E-state index in [1.165, 1.54) is 20.1 Å². The monoisotopic (exact) mass is 620 g/mol. The van der Waals surface area contributed by atoms with Crippen molar-refractivity contribution in [2.75, 3.05) is 13.7 Å². The Bertz CT molecular complexity index is 1280. The van der Waals surface area contributed by atoms with E-state index in [2.05, 4.69) is 0 Å². The number of rotatable bonds is 3. The third-order valence-electron chi connectivity index (χ3n) is 12.8. The summed E-state index contributed by atoms with van der Waals surface area (Å²) in [6, 6.07) is 0. The summed E-state index contributed by atoms with van der Waals surface area (Å²) in [5, 5.41) is 35.2. The first-order valence-corrected chi connectivity index (χ1v) is 15.9. The highest BCUT2D eigenvalue weighted by Gasteiger charge is 2.76. The first-order chi connectivity index (χ1) is 20.7. The molecule has 0 unspecified atom stereocenters. The van der Waals surface area contributed by atoms with E-state index >= 15 is 0 Å². The lowest BCUT2D eigenvalue weighted by molar-refractivity contribution is -0.470. The van der Waals surface area contributed by atoms with Crippen LogP contribution in [0.1, 0.15) is 66.2 Å². The number of aliphatic hydroxyl groups is 3. The number of Topliss-reactive ketones (excluding diaryl/α,β-unsaturated/α-hetero) is 1. The molecule has 0 aromatic rings. The van der Waals surface area contributed by atoms with Gasteiger partial charge in [-0.3, -0.25) is 9.59 Å². The highest BCUT2D eigenvalue weighted by atomic mass is 16.8. The SMILES string of the molecule is CO[C@@H]1[C@@H](O)[C@@H](C)O[C@H]2O[C@@H]3C[C@H]4CC[C@@H]5[C@H](C(=O)[C@@H](OC(C)=O)[C@]6(C)[C@@H](C7=CC(=O)OC7)CC[C@]56O)[C@@]4(C)C[C@H]3O[C@]21O. The van der Waals surface area contributed by atoms with E-state index in [0.29, 0.717) is 37.7 Å². The summed E-state index contributed by atoms with van der Waals surface area (Å²) in [7, 11) is 1.38. The van der Waals surface area contributed by atoms with E-state index < -0.39 is 88.9 Å². The normalized spacial score (nSPS) is 54.6. The molecule has 244 valence electrons. The van der Waals surface area contributed by atoms with Crippen molar-refractivity contribution in [2.45, 2.75) is 121 Å². The fourth-order valence-corrected chi connectivity index (χ4v) is 10.7. The second-order valence-corrected chi connectivity index (χ2v) is 14.7. The van der Waals surface area contributed by atoms with E-state index in [1.54, 1.807) is 6.92 Å². The van der Waals surface area contributed by atoms with Gasteiger partial charge in [-0.25, -0.2) is 4.79 Å². The van der Waals surface area contributed by atoms with E-state index in [4.69, 9.17) is 28.4 Å². The molecule has 0 aromatic carbocycles. The molecule has 4 saturated carbocycles. The molecular formula is C32H44O12. The average molecular weight is 621 g/mol. The Hall–Kier alpha value is -1.93. The minimum atomic E-state index is -2.07. The Morgan fingerprint density at radius 3 is 2.50 bits per heavy atom. The summed E-state index contributed by atoms with van der Waals surface area (Å²) in [5.41, 5.74) is -2.47. The van der Waals surface area contributed by atoms with Crippen LogP contribution >= 0.6 is 0 Å². The standard InChI is InChI=1S/C32H44O12/c1-14-24(35)27(39-5)32(38)28(41-14)43-20-11-17-6-7-19-23(29(17,3)12-21(20)44-32)25(36)26(42-15(2)33)30(4)18(8-9-31(19,30)37)16-10-22(34)40-13-16/h10,14,17-21,23-24,26-28,35,37-38H,6-9,11-13H2,1-5H3/t14-,17-,18-,19-,20-,21-,23-,24+,26-,27-,28+,29+,30+,31+,32+/m1/s1. The molecule has 3 heterocycles. The first kappa shape index (κ1) is 30.7. The van der Waals surface area contributed by atoms with Gasteiger partial charge >= 0.3 is 11.9 Å². The molecule has 4 aliphatic carbocycles. The molecule has 44 heavy (non-hydrogen) atoms. The van der Waals surface area contributed by atoms with Gasteiger partial charge in [-0.2, -0.15) is 0 Å². The lowest BCUT2D eigenvalue weighted by Crippen LogP contribution is -2.75. The third-order valence-corrected chi connectivity index (χ3v) is 12.8. The predicted molar refractivity (Wildman–Crippen MR) is 148 cm³/mol. The Kier molecular flexibility index (Phi) is 7.00. The van der Waals surface area contributed by atoms with Gasteiger partial charge < -0.3 is 43.7 Å². The van der Waals surface area contributed by atoms with Crippen molar-refractivity contribution in [1.82, 2.24) is 0 Å². The van der Waals surface area contributed by atoms with Crippen LogP contribution in [0.2, 0.25) is 0 Å². The minimum absolute atomic E-state index is 0.0280. The molecule has 0 amide bonds. The fourth-order valence-electron chi connectivity index (χ4n) is 10.7. The molecule has 6 fully saturated rings. The summed E-state index contributed by atoms with van der Waals surface area (Å²) in [5.74, 6) is -4.77. The van der Waals surface area contributed by atoms with Crippen LogP contribution in [-0.2, 0) is 42.8 Å². The number of esters is 2. The molecule has 2 saturated heterocycles. The predicted octanol–water partition coefficient (Wildman–Crippen LogP) is 1.17. The van der Waals surface area contributed by atoms with Crippen molar-refractivity contribution in [3.8, 4) is 0 Å². The molecule has 3 N–H and O–H groups in total. The highest BCUT2D eigenvalue weighted by molar-refractivity contribution is 5.91. The number of aliphatic hydroxyl groups excluding tert-OH is 1. The van der Waals surface area contributed by atoms with E-state index in [-0.39, 0.29) is 24.2 Å². The molecule has 12 nitrogen and oxygen atoms in total. The number of hydrogen-bond donors (Lipinski definition) is 3. The summed E-state index contributed by atoms with van der Waals surface area (Å²) in [6.45, 7) is 6.91.